The Balaban J connectivity index is 1.82. The molecule has 1 saturated heterocycles. The molecule has 0 saturated carbocycles. The first kappa shape index (κ1) is 12.1. The molecule has 0 spiro atoms. The highest BCUT2D eigenvalue weighted by molar-refractivity contribution is 6.21. The molecule has 104 valence electrons. The van der Waals surface area contributed by atoms with Gasteiger partial charge in [0.25, 0.3) is 0 Å². The number of pyridine rings is 1. The van der Waals surface area contributed by atoms with Gasteiger partial charge in [-0.2, -0.15) is 0 Å². The number of hydrogen-bond donors (Lipinski definition) is 0. The second-order valence-electron chi connectivity index (χ2n) is 5.25. The third-order valence-corrected chi connectivity index (χ3v) is 4.26. The van der Waals surface area contributed by atoms with Gasteiger partial charge in [0, 0.05) is 24.7 Å². The molecule has 1 unspecified atom stereocenters. The minimum atomic E-state index is 0.204. The zero-order valence-corrected chi connectivity index (χ0v) is 11.8. The van der Waals surface area contributed by atoms with Crippen molar-refractivity contribution in [3.63, 3.8) is 0 Å². The lowest BCUT2D eigenvalue weighted by Gasteiger charge is -2.31. The van der Waals surface area contributed by atoms with Crippen LogP contribution < -0.4 is 14.4 Å². The number of aromatic nitrogens is 1. The van der Waals surface area contributed by atoms with E-state index >= 15 is 0 Å². The highest BCUT2D eigenvalue weighted by Crippen LogP contribution is 2.39. The van der Waals surface area contributed by atoms with Crippen molar-refractivity contribution in [3.8, 4) is 11.5 Å². The lowest BCUT2D eigenvalue weighted by Crippen LogP contribution is -2.36. The number of benzene rings is 1. The highest BCUT2D eigenvalue weighted by atomic mass is 35.5. The van der Waals surface area contributed by atoms with Gasteiger partial charge in [0.1, 0.15) is 5.82 Å². The number of nitrogens with zero attached hydrogens (tertiary/aromatic N) is 2. The number of rotatable bonds is 1. The molecule has 0 amide bonds. The van der Waals surface area contributed by atoms with Crippen LogP contribution in [0.5, 0.6) is 11.5 Å². The Hall–Kier alpha value is -1.68. The summed E-state index contributed by atoms with van der Waals surface area (Å²) in [5, 5.41) is 2.42. The summed E-state index contributed by atoms with van der Waals surface area (Å²) in [7, 11) is 0. The second-order valence-corrected chi connectivity index (χ2v) is 5.86. The Morgan fingerprint density at radius 1 is 1.25 bits per heavy atom. The molecule has 4 nitrogen and oxygen atoms in total. The number of ether oxygens (including phenoxy) is 2. The van der Waals surface area contributed by atoms with E-state index < -0.39 is 0 Å². The molecule has 20 heavy (non-hydrogen) atoms. The molecule has 0 N–H and O–H groups in total. The number of hydrogen-bond acceptors (Lipinski definition) is 4. The van der Waals surface area contributed by atoms with Crippen molar-refractivity contribution >= 4 is 28.2 Å². The van der Waals surface area contributed by atoms with Gasteiger partial charge in [0.15, 0.2) is 11.5 Å². The van der Waals surface area contributed by atoms with Crippen LogP contribution in [-0.2, 0) is 0 Å². The predicted molar refractivity (Wildman–Crippen MR) is 79.0 cm³/mol. The number of fused-ring (bicyclic) bond motifs is 2. The smallest absolute Gasteiger partial charge is 0.231 e. The highest BCUT2D eigenvalue weighted by Gasteiger charge is 2.22. The van der Waals surface area contributed by atoms with E-state index in [-0.39, 0.29) is 5.38 Å². The van der Waals surface area contributed by atoms with Crippen LogP contribution in [0.25, 0.3) is 10.8 Å². The summed E-state index contributed by atoms with van der Waals surface area (Å²) in [4.78, 5) is 6.83. The molecule has 0 bridgehead atoms. The van der Waals surface area contributed by atoms with Gasteiger partial charge in [0.2, 0.25) is 6.79 Å². The molecule has 0 radical (unpaired) electrons. The van der Waals surface area contributed by atoms with Gasteiger partial charge < -0.3 is 14.4 Å². The Morgan fingerprint density at radius 3 is 2.95 bits per heavy atom. The standard InChI is InChI=1S/C15H15ClN2O2/c16-11-2-1-5-18(8-11)15-12-7-14-13(19-9-20-14)6-10(12)3-4-17-15/h3-4,6-7,11H,1-2,5,8-9H2. The Kier molecular flexibility index (Phi) is 2.84. The average molecular weight is 291 g/mol. The minimum Gasteiger partial charge on any atom is -0.454 e. The molecular formula is C15H15ClN2O2. The van der Waals surface area contributed by atoms with Crippen LogP contribution in [0.1, 0.15) is 12.8 Å². The summed E-state index contributed by atoms with van der Waals surface area (Å²) >= 11 is 6.29. The molecular weight excluding hydrogens is 276 g/mol. The average Bonchev–Trinajstić information content (AvgIpc) is 2.91. The second kappa shape index (κ2) is 4.70. The molecule has 2 aromatic rings. The fourth-order valence-corrected chi connectivity index (χ4v) is 3.24. The van der Waals surface area contributed by atoms with Gasteiger partial charge in [-0.05, 0) is 36.4 Å². The first-order valence-corrected chi connectivity index (χ1v) is 7.32. The molecule has 1 atom stereocenters. The van der Waals surface area contributed by atoms with Crippen LogP contribution in [0.3, 0.4) is 0 Å². The first-order chi connectivity index (χ1) is 9.81. The zero-order chi connectivity index (χ0) is 13.5. The lowest BCUT2D eigenvalue weighted by atomic mass is 10.1. The SMILES string of the molecule is ClC1CCCN(c2nccc3cc4c(cc23)OCO4)C1. The quantitative estimate of drug-likeness (QED) is 0.756. The molecule has 0 aliphatic carbocycles. The lowest BCUT2D eigenvalue weighted by molar-refractivity contribution is 0.174. The van der Waals surface area contributed by atoms with Crippen LogP contribution in [0.4, 0.5) is 5.82 Å². The number of halogens is 1. The number of alkyl halides is 1. The maximum atomic E-state index is 6.29. The van der Waals surface area contributed by atoms with Crippen LogP contribution in [0, 0.1) is 0 Å². The van der Waals surface area contributed by atoms with E-state index in [9.17, 15) is 0 Å². The molecule has 5 heteroatoms. The molecule has 4 rings (SSSR count). The van der Waals surface area contributed by atoms with Gasteiger partial charge in [0.05, 0.1) is 5.38 Å². The van der Waals surface area contributed by atoms with E-state index in [4.69, 9.17) is 21.1 Å². The maximum Gasteiger partial charge on any atom is 0.231 e. The Labute approximate surface area is 122 Å². The molecule has 3 heterocycles. The minimum absolute atomic E-state index is 0.204. The first-order valence-electron chi connectivity index (χ1n) is 6.88. The maximum absolute atomic E-state index is 6.29. The van der Waals surface area contributed by atoms with Crippen molar-refractivity contribution in [3.05, 3.63) is 24.4 Å². The van der Waals surface area contributed by atoms with Gasteiger partial charge >= 0.3 is 0 Å². The Morgan fingerprint density at radius 2 is 2.10 bits per heavy atom. The monoisotopic (exact) mass is 290 g/mol. The zero-order valence-electron chi connectivity index (χ0n) is 11.0. The van der Waals surface area contributed by atoms with Crippen LogP contribution >= 0.6 is 11.6 Å². The summed E-state index contributed by atoms with van der Waals surface area (Å²) in [5.41, 5.74) is 0. The van der Waals surface area contributed by atoms with Crippen LogP contribution in [0.2, 0.25) is 0 Å². The van der Waals surface area contributed by atoms with E-state index in [0.29, 0.717) is 6.79 Å². The largest absolute Gasteiger partial charge is 0.454 e. The van der Waals surface area contributed by atoms with E-state index in [0.717, 1.165) is 54.0 Å². The number of piperidine rings is 1. The van der Waals surface area contributed by atoms with E-state index in [1.165, 1.54) is 0 Å². The van der Waals surface area contributed by atoms with Gasteiger partial charge in [-0.1, -0.05) is 0 Å². The van der Waals surface area contributed by atoms with Gasteiger partial charge in [-0.3, -0.25) is 0 Å². The molecule has 2 aliphatic heterocycles. The van der Waals surface area contributed by atoms with E-state index in [2.05, 4.69) is 9.88 Å². The molecule has 1 aromatic heterocycles. The summed E-state index contributed by atoms with van der Waals surface area (Å²) in [6.07, 6.45) is 4.03. The van der Waals surface area contributed by atoms with Crippen molar-refractivity contribution in [2.24, 2.45) is 0 Å². The summed E-state index contributed by atoms with van der Waals surface area (Å²) < 4.78 is 10.9. The van der Waals surface area contributed by atoms with Crippen molar-refractivity contribution in [1.82, 2.24) is 4.98 Å². The molecule has 2 aliphatic rings. The van der Waals surface area contributed by atoms with Crippen LogP contribution in [0.15, 0.2) is 24.4 Å². The van der Waals surface area contributed by atoms with E-state index in [1.54, 1.807) is 0 Å². The third-order valence-electron chi connectivity index (χ3n) is 3.90. The molecule has 1 aromatic carbocycles. The Bertz CT molecular complexity index is 662. The van der Waals surface area contributed by atoms with Crippen LogP contribution in [-0.4, -0.2) is 30.2 Å². The fourth-order valence-electron chi connectivity index (χ4n) is 2.92. The summed E-state index contributed by atoms with van der Waals surface area (Å²) in [5.74, 6) is 2.60. The number of anilines is 1. The third kappa shape index (κ3) is 1.95. The van der Waals surface area contributed by atoms with Crippen molar-refractivity contribution in [2.75, 3.05) is 24.8 Å². The fraction of sp³-hybridized carbons (Fsp3) is 0.400. The summed E-state index contributed by atoms with van der Waals surface area (Å²) in [6.45, 7) is 2.15. The predicted octanol–water partition coefficient (Wildman–Crippen LogP) is 3.17. The molecule has 1 fully saturated rings. The van der Waals surface area contributed by atoms with Gasteiger partial charge in [-0.15, -0.1) is 11.6 Å². The van der Waals surface area contributed by atoms with Crippen molar-refractivity contribution < 1.29 is 9.47 Å². The van der Waals surface area contributed by atoms with Gasteiger partial charge in [-0.25, -0.2) is 4.98 Å². The normalized spacial score (nSPS) is 21.4. The van der Waals surface area contributed by atoms with Crippen molar-refractivity contribution in [1.29, 1.82) is 0 Å². The topological polar surface area (TPSA) is 34.6 Å². The van der Waals surface area contributed by atoms with E-state index in [1.807, 2.05) is 24.4 Å². The van der Waals surface area contributed by atoms with Crippen molar-refractivity contribution in [2.45, 2.75) is 18.2 Å². The summed E-state index contributed by atoms with van der Waals surface area (Å²) in [6, 6.07) is 6.05.